The van der Waals surface area contributed by atoms with Gasteiger partial charge in [-0.2, -0.15) is 4.98 Å². The molecule has 0 radical (unpaired) electrons. The van der Waals surface area contributed by atoms with Crippen LogP contribution >= 0.6 is 11.6 Å². The van der Waals surface area contributed by atoms with Crippen molar-refractivity contribution in [2.45, 2.75) is 6.92 Å². The number of fused-ring (bicyclic) bond motifs is 1. The van der Waals surface area contributed by atoms with Crippen molar-refractivity contribution >= 4 is 40.0 Å². The second-order valence-corrected chi connectivity index (χ2v) is 8.59. The average molecular weight is 451 g/mol. The van der Waals surface area contributed by atoms with Crippen molar-refractivity contribution in [3.05, 3.63) is 65.1 Å². The fourth-order valence-electron chi connectivity index (χ4n) is 3.97. The van der Waals surface area contributed by atoms with E-state index in [2.05, 4.69) is 32.1 Å². The maximum Gasteiger partial charge on any atom is 0.229 e. The monoisotopic (exact) mass is 450 g/mol. The van der Waals surface area contributed by atoms with Gasteiger partial charge in [-0.1, -0.05) is 23.7 Å². The van der Waals surface area contributed by atoms with Crippen LogP contribution in [0.15, 0.2) is 48.7 Å². The third-order valence-electron chi connectivity index (χ3n) is 5.91. The number of aromatic amines is 1. The molecule has 164 valence electrons. The van der Waals surface area contributed by atoms with Gasteiger partial charge < -0.3 is 20.1 Å². The van der Waals surface area contributed by atoms with E-state index in [4.69, 9.17) is 16.6 Å². The highest BCUT2D eigenvalue weighted by atomic mass is 35.5. The molecule has 0 amide bonds. The van der Waals surface area contributed by atoms with Crippen LogP contribution < -0.4 is 10.2 Å². The molecule has 1 saturated heterocycles. The number of nitrogens with zero attached hydrogens (tertiary/aromatic N) is 4. The van der Waals surface area contributed by atoms with Gasteiger partial charge in [-0.3, -0.25) is 0 Å². The number of hydrogen-bond acceptors (Lipinski definition) is 5. The molecule has 0 aliphatic carbocycles. The number of benzene rings is 2. The summed E-state index contributed by atoms with van der Waals surface area (Å²) in [5, 5.41) is 4.73. The number of likely N-dealkylation sites (N-methyl/N-ethyl adjacent to an activating group) is 1. The van der Waals surface area contributed by atoms with E-state index in [-0.39, 0.29) is 5.82 Å². The molecular formula is C24H24ClFN6. The zero-order valence-corrected chi connectivity index (χ0v) is 18.7. The van der Waals surface area contributed by atoms with E-state index < -0.39 is 0 Å². The predicted molar refractivity (Wildman–Crippen MR) is 128 cm³/mol. The molecule has 0 unspecified atom stereocenters. The minimum atomic E-state index is -0.258. The Bertz CT molecular complexity index is 1280. The molecule has 1 aliphatic rings. The summed E-state index contributed by atoms with van der Waals surface area (Å²) in [6, 6.07) is 13.0. The Morgan fingerprint density at radius 3 is 2.59 bits per heavy atom. The summed E-state index contributed by atoms with van der Waals surface area (Å²) in [6.45, 7) is 5.44. The molecule has 3 heterocycles. The number of anilines is 3. The smallest absolute Gasteiger partial charge is 0.229 e. The second kappa shape index (κ2) is 8.41. The van der Waals surface area contributed by atoms with Crippen molar-refractivity contribution < 1.29 is 4.39 Å². The molecule has 1 aliphatic heterocycles. The molecule has 4 aromatic rings. The van der Waals surface area contributed by atoms with Crippen LogP contribution in [0.1, 0.15) is 5.56 Å². The van der Waals surface area contributed by atoms with E-state index in [0.717, 1.165) is 48.4 Å². The van der Waals surface area contributed by atoms with Crippen LogP contribution in [0.4, 0.5) is 21.7 Å². The highest BCUT2D eigenvalue weighted by Crippen LogP contribution is 2.31. The van der Waals surface area contributed by atoms with E-state index in [1.807, 2.05) is 49.5 Å². The van der Waals surface area contributed by atoms with Crippen LogP contribution in [0.25, 0.3) is 22.3 Å². The largest absolute Gasteiger partial charge is 0.367 e. The fraction of sp³-hybridized carbons (Fsp3) is 0.250. The van der Waals surface area contributed by atoms with E-state index in [1.54, 1.807) is 0 Å². The van der Waals surface area contributed by atoms with Crippen molar-refractivity contribution in [2.75, 3.05) is 43.4 Å². The predicted octanol–water partition coefficient (Wildman–Crippen LogP) is 5.22. The Morgan fingerprint density at radius 2 is 1.84 bits per heavy atom. The summed E-state index contributed by atoms with van der Waals surface area (Å²) < 4.78 is 14.9. The molecule has 32 heavy (non-hydrogen) atoms. The lowest BCUT2D eigenvalue weighted by Crippen LogP contribution is -2.44. The number of rotatable bonds is 4. The third-order valence-corrected chi connectivity index (χ3v) is 6.32. The molecule has 0 atom stereocenters. The number of H-pyrrole nitrogens is 1. The summed E-state index contributed by atoms with van der Waals surface area (Å²) in [5.74, 6) is 0.129. The first-order valence-corrected chi connectivity index (χ1v) is 11.0. The number of aryl methyl sites for hydroxylation is 1. The first-order chi connectivity index (χ1) is 15.5. The minimum Gasteiger partial charge on any atom is -0.367 e. The minimum absolute atomic E-state index is 0.258. The Balaban J connectivity index is 1.45. The quantitative estimate of drug-likeness (QED) is 0.446. The molecule has 1 fully saturated rings. The third kappa shape index (κ3) is 4.01. The normalized spacial score (nSPS) is 14.8. The standard InChI is InChI=1S/C24H24ClFN6/c1-15-3-4-16(13-19(15)25)22-18-7-8-27-23(18)30-24(29-22)28-17-5-6-21(20(26)14-17)32-11-9-31(2)10-12-32/h3-8,13-14H,9-12H2,1-2H3,(H2,27,28,29,30). The number of nitrogens with one attached hydrogen (secondary N) is 2. The molecule has 0 bridgehead atoms. The van der Waals surface area contributed by atoms with Crippen LogP contribution in [0.5, 0.6) is 0 Å². The molecule has 2 N–H and O–H groups in total. The first-order valence-electron chi connectivity index (χ1n) is 10.6. The van der Waals surface area contributed by atoms with Gasteiger partial charge in [-0.05, 0) is 49.9 Å². The maximum absolute atomic E-state index is 14.9. The molecule has 6 nitrogen and oxygen atoms in total. The summed E-state index contributed by atoms with van der Waals surface area (Å²) >= 11 is 6.35. The van der Waals surface area contributed by atoms with Crippen molar-refractivity contribution in [2.24, 2.45) is 0 Å². The topological polar surface area (TPSA) is 60.1 Å². The zero-order chi connectivity index (χ0) is 22.2. The van der Waals surface area contributed by atoms with Crippen LogP contribution in [-0.2, 0) is 0 Å². The van der Waals surface area contributed by atoms with Gasteiger partial charge in [0.2, 0.25) is 5.95 Å². The van der Waals surface area contributed by atoms with Crippen LogP contribution in [-0.4, -0.2) is 53.1 Å². The van der Waals surface area contributed by atoms with Gasteiger partial charge in [-0.15, -0.1) is 0 Å². The highest BCUT2D eigenvalue weighted by Gasteiger charge is 2.18. The van der Waals surface area contributed by atoms with Crippen molar-refractivity contribution in [3.8, 4) is 11.3 Å². The van der Waals surface area contributed by atoms with Crippen molar-refractivity contribution in [1.82, 2.24) is 19.9 Å². The van der Waals surface area contributed by atoms with E-state index in [1.165, 1.54) is 6.07 Å². The van der Waals surface area contributed by atoms with Crippen molar-refractivity contribution in [3.63, 3.8) is 0 Å². The van der Waals surface area contributed by atoms with Crippen LogP contribution in [0.2, 0.25) is 5.02 Å². The van der Waals surface area contributed by atoms with Gasteiger partial charge >= 0.3 is 0 Å². The maximum atomic E-state index is 14.9. The lowest BCUT2D eigenvalue weighted by Gasteiger charge is -2.34. The molecule has 2 aromatic carbocycles. The van der Waals surface area contributed by atoms with Gasteiger partial charge in [0.05, 0.1) is 11.4 Å². The van der Waals surface area contributed by atoms with Crippen LogP contribution in [0.3, 0.4) is 0 Å². The molecule has 8 heteroatoms. The van der Waals surface area contributed by atoms with Crippen molar-refractivity contribution in [1.29, 1.82) is 0 Å². The van der Waals surface area contributed by atoms with Gasteiger partial charge in [0, 0.05) is 54.0 Å². The molecule has 0 spiro atoms. The Hall–Kier alpha value is -3.16. The van der Waals surface area contributed by atoms with Crippen LogP contribution in [0, 0.1) is 12.7 Å². The Morgan fingerprint density at radius 1 is 1.03 bits per heavy atom. The second-order valence-electron chi connectivity index (χ2n) is 8.18. The SMILES string of the molecule is Cc1ccc(-c2nc(Nc3ccc(N4CCN(C)CC4)c(F)c3)nc3[nH]ccc23)cc1Cl. The Kier molecular flexibility index (Phi) is 5.45. The van der Waals surface area contributed by atoms with Gasteiger partial charge in [-0.25, -0.2) is 9.37 Å². The van der Waals surface area contributed by atoms with Gasteiger partial charge in [0.25, 0.3) is 0 Å². The molecule has 2 aromatic heterocycles. The molecular weight excluding hydrogens is 427 g/mol. The number of hydrogen-bond donors (Lipinski definition) is 2. The summed E-state index contributed by atoms with van der Waals surface area (Å²) in [7, 11) is 2.08. The molecule has 0 saturated carbocycles. The highest BCUT2D eigenvalue weighted by molar-refractivity contribution is 6.31. The number of aromatic nitrogens is 3. The van der Waals surface area contributed by atoms with Gasteiger partial charge in [0.1, 0.15) is 11.5 Å². The summed E-state index contributed by atoms with van der Waals surface area (Å²) in [5.41, 5.74) is 4.58. The summed E-state index contributed by atoms with van der Waals surface area (Å²) in [4.78, 5) is 16.7. The van der Waals surface area contributed by atoms with E-state index in [0.29, 0.717) is 28.0 Å². The number of piperazine rings is 1. The fourth-order valence-corrected chi connectivity index (χ4v) is 4.16. The van der Waals surface area contributed by atoms with E-state index >= 15 is 0 Å². The lowest BCUT2D eigenvalue weighted by molar-refractivity contribution is 0.311. The zero-order valence-electron chi connectivity index (χ0n) is 18.0. The molecule has 5 rings (SSSR count). The van der Waals surface area contributed by atoms with Gasteiger partial charge in [0.15, 0.2) is 0 Å². The average Bonchev–Trinajstić information content (AvgIpc) is 3.25. The first kappa shape index (κ1) is 20.7. The number of halogens is 2. The summed E-state index contributed by atoms with van der Waals surface area (Å²) in [6.07, 6.45) is 1.83. The lowest BCUT2D eigenvalue weighted by atomic mass is 10.1. The Labute approximate surface area is 191 Å². The van der Waals surface area contributed by atoms with E-state index in [9.17, 15) is 4.39 Å².